The Morgan fingerprint density at radius 3 is 1.41 bits per heavy atom. The minimum absolute atomic E-state index is 0.299. The van der Waals surface area contributed by atoms with Crippen LogP contribution in [-0.4, -0.2) is 5.11 Å². The van der Waals surface area contributed by atoms with E-state index in [1.807, 2.05) is 0 Å². The van der Waals surface area contributed by atoms with Crippen molar-refractivity contribution in [3.8, 4) is 5.75 Å². The molecule has 8 fully saturated rings. The maximum atomic E-state index is 11.6. The number of hydrogen-bond donors (Lipinski definition) is 1. The normalized spacial score (nSPS) is 49.2. The van der Waals surface area contributed by atoms with Crippen LogP contribution in [0.4, 0.5) is 0 Å². The Hall–Kier alpha value is -0.980. The molecule has 1 aromatic rings. The number of phenols is 1. The lowest BCUT2D eigenvalue weighted by Gasteiger charge is -2.59. The third-order valence-electron chi connectivity index (χ3n) is 11.1. The van der Waals surface area contributed by atoms with Crippen LogP contribution in [0.2, 0.25) is 0 Å². The first-order valence-corrected chi connectivity index (χ1v) is 12.8. The Morgan fingerprint density at radius 1 is 0.621 bits per heavy atom. The molecule has 1 heteroatoms. The molecule has 29 heavy (non-hydrogen) atoms. The van der Waals surface area contributed by atoms with Crippen molar-refractivity contribution in [3.05, 3.63) is 28.3 Å². The largest absolute Gasteiger partial charge is 0.508 e. The van der Waals surface area contributed by atoms with Crippen LogP contribution in [0.15, 0.2) is 6.07 Å². The highest BCUT2D eigenvalue weighted by Gasteiger charge is 2.55. The maximum absolute atomic E-state index is 11.6. The van der Waals surface area contributed by atoms with Gasteiger partial charge in [-0.3, -0.25) is 0 Å². The van der Waals surface area contributed by atoms with Gasteiger partial charge in [0.25, 0.3) is 0 Å². The van der Waals surface area contributed by atoms with Gasteiger partial charge in [0.15, 0.2) is 0 Å². The van der Waals surface area contributed by atoms with Crippen LogP contribution in [0.3, 0.4) is 0 Å². The highest BCUT2D eigenvalue weighted by atomic mass is 16.3. The van der Waals surface area contributed by atoms with E-state index in [0.717, 1.165) is 35.5 Å². The molecule has 0 unspecified atom stereocenters. The Kier molecular flexibility index (Phi) is 3.43. The number of benzene rings is 1. The fourth-order valence-corrected chi connectivity index (χ4v) is 11.0. The van der Waals surface area contributed by atoms with Crippen molar-refractivity contribution in [2.75, 3.05) is 0 Å². The van der Waals surface area contributed by atoms with Gasteiger partial charge >= 0.3 is 0 Å². The van der Waals surface area contributed by atoms with Gasteiger partial charge in [-0.15, -0.1) is 0 Å². The Morgan fingerprint density at radius 2 is 1.00 bits per heavy atom. The third kappa shape index (κ3) is 2.34. The van der Waals surface area contributed by atoms with Crippen molar-refractivity contribution in [2.45, 2.75) is 102 Å². The molecule has 156 valence electrons. The topological polar surface area (TPSA) is 20.2 Å². The monoisotopic (exact) mass is 390 g/mol. The highest BCUT2D eigenvalue weighted by Crippen LogP contribution is 2.65. The molecule has 0 heterocycles. The second kappa shape index (κ2) is 5.63. The molecular weight excluding hydrogens is 352 g/mol. The SMILES string of the molecule is Cc1c(C23CC4CC(CC(C4)C2)C3)cc(O)c(C23CC4CC(CC(C4)C2)C3)c1C. The molecule has 0 aromatic heterocycles. The van der Waals surface area contributed by atoms with Crippen molar-refractivity contribution in [3.63, 3.8) is 0 Å². The van der Waals surface area contributed by atoms with Gasteiger partial charge in [0.05, 0.1) is 0 Å². The molecule has 8 aliphatic rings. The predicted octanol–water partition coefficient (Wildman–Crippen LogP) is 6.94. The van der Waals surface area contributed by atoms with Gasteiger partial charge in [-0.1, -0.05) is 0 Å². The molecule has 8 bridgehead atoms. The van der Waals surface area contributed by atoms with Crippen LogP contribution >= 0.6 is 0 Å². The first kappa shape index (κ1) is 17.7. The average Bonchev–Trinajstić information content (AvgIpc) is 2.62. The third-order valence-corrected chi connectivity index (χ3v) is 11.1. The quantitative estimate of drug-likeness (QED) is 0.579. The van der Waals surface area contributed by atoms with Crippen molar-refractivity contribution in [1.82, 2.24) is 0 Å². The molecule has 1 aromatic carbocycles. The van der Waals surface area contributed by atoms with E-state index in [4.69, 9.17) is 0 Å². The van der Waals surface area contributed by atoms with Gasteiger partial charge in [-0.25, -0.2) is 0 Å². The molecule has 1 nitrogen and oxygen atoms in total. The summed E-state index contributed by atoms with van der Waals surface area (Å²) < 4.78 is 0. The molecule has 0 saturated heterocycles. The average molecular weight is 391 g/mol. The summed E-state index contributed by atoms with van der Waals surface area (Å²) >= 11 is 0. The summed E-state index contributed by atoms with van der Waals surface area (Å²) in [6.45, 7) is 4.78. The van der Waals surface area contributed by atoms with Crippen LogP contribution in [0.5, 0.6) is 5.75 Å². The van der Waals surface area contributed by atoms with E-state index >= 15 is 0 Å². The fourth-order valence-electron chi connectivity index (χ4n) is 11.0. The summed E-state index contributed by atoms with van der Waals surface area (Å²) in [6, 6.07) is 2.31. The molecule has 9 rings (SSSR count). The lowest BCUT2D eigenvalue weighted by Crippen LogP contribution is -2.50. The van der Waals surface area contributed by atoms with Crippen molar-refractivity contribution >= 4 is 0 Å². The summed E-state index contributed by atoms with van der Waals surface area (Å²) in [6.07, 6.45) is 17.2. The molecule has 8 saturated carbocycles. The van der Waals surface area contributed by atoms with Crippen LogP contribution in [0, 0.1) is 49.4 Å². The summed E-state index contributed by atoms with van der Waals surface area (Å²) in [5, 5.41) is 11.6. The number of rotatable bonds is 2. The van der Waals surface area contributed by atoms with E-state index in [-0.39, 0.29) is 0 Å². The van der Waals surface area contributed by atoms with Crippen molar-refractivity contribution in [1.29, 1.82) is 0 Å². The van der Waals surface area contributed by atoms with Crippen LogP contribution in [0.1, 0.15) is 99.3 Å². The summed E-state index contributed by atoms with van der Waals surface area (Å²) in [4.78, 5) is 0. The van der Waals surface area contributed by atoms with Gasteiger partial charge in [0.2, 0.25) is 0 Å². The Labute approximate surface area is 176 Å². The van der Waals surface area contributed by atoms with E-state index in [0.29, 0.717) is 16.6 Å². The first-order valence-electron chi connectivity index (χ1n) is 12.8. The van der Waals surface area contributed by atoms with Gasteiger partial charge < -0.3 is 5.11 Å². The Balaban J connectivity index is 1.34. The predicted molar refractivity (Wildman–Crippen MR) is 117 cm³/mol. The van der Waals surface area contributed by atoms with Crippen molar-refractivity contribution in [2.24, 2.45) is 35.5 Å². The van der Waals surface area contributed by atoms with Gasteiger partial charge in [-0.2, -0.15) is 0 Å². The van der Waals surface area contributed by atoms with Gasteiger partial charge in [0.1, 0.15) is 5.75 Å². The minimum Gasteiger partial charge on any atom is -0.508 e. The first-order chi connectivity index (χ1) is 13.9. The van der Waals surface area contributed by atoms with Crippen LogP contribution < -0.4 is 0 Å². The summed E-state index contributed by atoms with van der Waals surface area (Å²) in [7, 11) is 0. The number of phenolic OH excluding ortho intramolecular Hbond substituents is 1. The van der Waals surface area contributed by atoms with Gasteiger partial charge in [0, 0.05) is 11.0 Å². The van der Waals surface area contributed by atoms with Crippen LogP contribution in [0.25, 0.3) is 0 Å². The summed E-state index contributed by atoms with van der Waals surface area (Å²) in [5.41, 5.74) is 6.66. The van der Waals surface area contributed by atoms with Crippen molar-refractivity contribution < 1.29 is 5.11 Å². The smallest absolute Gasteiger partial charge is 0.119 e. The zero-order chi connectivity index (χ0) is 19.5. The zero-order valence-electron chi connectivity index (χ0n) is 18.5. The molecule has 8 aliphatic carbocycles. The van der Waals surface area contributed by atoms with E-state index in [9.17, 15) is 5.11 Å². The number of hydrogen-bond acceptors (Lipinski definition) is 1. The number of aromatic hydroxyl groups is 1. The molecule has 0 amide bonds. The lowest BCUT2D eigenvalue weighted by molar-refractivity contribution is -0.00822. The van der Waals surface area contributed by atoms with Crippen LogP contribution in [-0.2, 0) is 10.8 Å². The molecule has 1 N–H and O–H groups in total. The highest BCUT2D eigenvalue weighted by molar-refractivity contribution is 5.55. The van der Waals surface area contributed by atoms with E-state index in [2.05, 4.69) is 19.9 Å². The standard InChI is InChI=1S/C28H38O/c1-16-17(2)26(28-13-21-6-22(14-28)8-23(7-21)15-28)25(29)9-24(16)27-10-18-3-19(11-27)5-20(4-18)12-27/h9,18-23,29H,3-8,10-15H2,1-2H3. The van der Waals surface area contributed by atoms with E-state index in [1.165, 1.54) is 88.2 Å². The van der Waals surface area contributed by atoms with E-state index in [1.54, 1.807) is 11.1 Å². The van der Waals surface area contributed by atoms with Gasteiger partial charge in [-0.05, 0) is 155 Å². The minimum atomic E-state index is 0.299. The fraction of sp³-hybridized carbons (Fsp3) is 0.786. The lowest BCUT2D eigenvalue weighted by atomic mass is 9.46. The summed E-state index contributed by atoms with van der Waals surface area (Å²) in [5.74, 6) is 6.37. The van der Waals surface area contributed by atoms with E-state index < -0.39 is 0 Å². The molecule has 0 aliphatic heterocycles. The zero-order valence-corrected chi connectivity index (χ0v) is 18.5. The molecule has 0 radical (unpaired) electrons. The molecular formula is C28H38O. The second-order valence-electron chi connectivity index (χ2n) is 13.0. The Bertz CT molecular complexity index is 806. The molecule has 0 spiro atoms. The maximum Gasteiger partial charge on any atom is 0.119 e. The second-order valence-corrected chi connectivity index (χ2v) is 13.0. The molecule has 0 atom stereocenters.